The fourth-order valence-electron chi connectivity index (χ4n) is 2.50. The molecule has 0 aliphatic heterocycles. The molecule has 1 N–H and O–H groups in total. The predicted molar refractivity (Wildman–Crippen MR) is 88.8 cm³/mol. The molecule has 0 radical (unpaired) electrons. The Hall–Kier alpha value is -2.18. The average molecular weight is 332 g/mol. The summed E-state index contributed by atoms with van der Waals surface area (Å²) in [5.74, 6) is -0.523. The van der Waals surface area contributed by atoms with E-state index in [2.05, 4.69) is 4.98 Å². The minimum atomic E-state index is -3.47. The number of H-pyrrole nitrogens is 1. The van der Waals surface area contributed by atoms with E-state index in [0.717, 1.165) is 16.5 Å². The van der Waals surface area contributed by atoms with E-state index in [4.69, 9.17) is 0 Å². The molecule has 0 saturated heterocycles. The third-order valence-electron chi connectivity index (χ3n) is 3.81. The fraction of sp³-hybridized carbons (Fsp3) is 0.176. The Kier molecular flexibility index (Phi) is 4.19. The van der Waals surface area contributed by atoms with E-state index >= 15 is 0 Å². The minimum absolute atomic E-state index is 0.147. The Morgan fingerprint density at radius 3 is 2.52 bits per heavy atom. The van der Waals surface area contributed by atoms with Crippen LogP contribution in [0.25, 0.3) is 10.9 Å². The van der Waals surface area contributed by atoms with E-state index in [1.165, 1.54) is 28.6 Å². The molecule has 0 saturated carbocycles. The topological polar surface area (TPSA) is 53.2 Å². The largest absolute Gasteiger partial charge is 0.361 e. The van der Waals surface area contributed by atoms with Crippen molar-refractivity contribution in [3.05, 3.63) is 71.7 Å². The molecule has 6 heteroatoms. The SMILES string of the molecule is CN(Cc1c[nH]c2ccccc12)S(=O)(=O)Cc1ccc(F)cc1. The normalized spacial score (nSPS) is 12.1. The van der Waals surface area contributed by atoms with E-state index < -0.39 is 10.0 Å². The van der Waals surface area contributed by atoms with Gasteiger partial charge in [-0.05, 0) is 29.3 Å². The third-order valence-corrected chi connectivity index (χ3v) is 5.58. The number of rotatable bonds is 5. The lowest BCUT2D eigenvalue weighted by Gasteiger charge is -2.17. The summed E-state index contributed by atoms with van der Waals surface area (Å²) >= 11 is 0. The standard InChI is InChI=1S/C17H17FN2O2S/c1-20(11-14-10-19-17-5-3-2-4-16(14)17)23(21,22)12-13-6-8-15(18)9-7-13/h2-10,19H,11-12H2,1H3. The summed E-state index contributed by atoms with van der Waals surface area (Å²) in [7, 11) is -1.92. The van der Waals surface area contributed by atoms with Crippen LogP contribution in [-0.4, -0.2) is 24.8 Å². The van der Waals surface area contributed by atoms with Gasteiger partial charge in [0.2, 0.25) is 10.0 Å². The Balaban J connectivity index is 1.78. The van der Waals surface area contributed by atoms with Crippen LogP contribution in [0, 0.1) is 5.82 Å². The first-order valence-corrected chi connectivity index (χ1v) is 8.80. The number of aromatic nitrogens is 1. The smallest absolute Gasteiger partial charge is 0.218 e. The predicted octanol–water partition coefficient (Wildman–Crippen LogP) is 3.27. The summed E-state index contributed by atoms with van der Waals surface area (Å²) in [4.78, 5) is 3.14. The molecule has 23 heavy (non-hydrogen) atoms. The summed E-state index contributed by atoms with van der Waals surface area (Å²) in [5.41, 5.74) is 2.47. The van der Waals surface area contributed by atoms with Crippen LogP contribution in [0.1, 0.15) is 11.1 Å². The first-order valence-electron chi connectivity index (χ1n) is 7.19. The molecular formula is C17H17FN2O2S. The Bertz CT molecular complexity index is 917. The van der Waals surface area contributed by atoms with Gasteiger partial charge in [0.05, 0.1) is 5.75 Å². The third kappa shape index (κ3) is 3.43. The van der Waals surface area contributed by atoms with Crippen molar-refractivity contribution >= 4 is 20.9 Å². The Morgan fingerprint density at radius 2 is 1.78 bits per heavy atom. The molecule has 2 aromatic carbocycles. The van der Waals surface area contributed by atoms with Crippen molar-refractivity contribution in [1.82, 2.24) is 9.29 Å². The van der Waals surface area contributed by atoms with Crippen molar-refractivity contribution in [2.24, 2.45) is 0 Å². The maximum Gasteiger partial charge on any atom is 0.218 e. The molecule has 0 fully saturated rings. The van der Waals surface area contributed by atoms with Gasteiger partial charge in [-0.1, -0.05) is 30.3 Å². The van der Waals surface area contributed by atoms with Crippen LogP contribution in [-0.2, 0) is 22.3 Å². The van der Waals surface area contributed by atoms with Gasteiger partial charge in [-0.25, -0.2) is 17.1 Å². The molecule has 0 spiro atoms. The van der Waals surface area contributed by atoms with Crippen LogP contribution in [0.15, 0.2) is 54.7 Å². The maximum atomic E-state index is 12.9. The zero-order valence-electron chi connectivity index (χ0n) is 12.7. The van der Waals surface area contributed by atoms with E-state index in [1.807, 2.05) is 30.5 Å². The van der Waals surface area contributed by atoms with E-state index in [1.54, 1.807) is 7.05 Å². The summed E-state index contributed by atoms with van der Waals surface area (Å²) in [6, 6.07) is 13.3. The molecule has 1 heterocycles. The van der Waals surface area contributed by atoms with Gasteiger partial charge in [0.15, 0.2) is 0 Å². The molecule has 3 rings (SSSR count). The van der Waals surface area contributed by atoms with Crippen LogP contribution < -0.4 is 0 Å². The number of aromatic amines is 1. The molecule has 0 bridgehead atoms. The number of para-hydroxylation sites is 1. The number of hydrogen-bond donors (Lipinski definition) is 1. The van der Waals surface area contributed by atoms with Gasteiger partial charge in [-0.15, -0.1) is 0 Å². The maximum absolute atomic E-state index is 12.9. The molecule has 0 aliphatic rings. The van der Waals surface area contributed by atoms with E-state index in [-0.39, 0.29) is 18.1 Å². The zero-order valence-corrected chi connectivity index (χ0v) is 13.5. The van der Waals surface area contributed by atoms with Crippen molar-refractivity contribution in [3.63, 3.8) is 0 Å². The van der Waals surface area contributed by atoms with Gasteiger partial charge in [-0.2, -0.15) is 0 Å². The molecular weight excluding hydrogens is 315 g/mol. The number of benzene rings is 2. The second kappa shape index (κ2) is 6.14. The number of halogens is 1. The van der Waals surface area contributed by atoms with Gasteiger partial charge in [0.25, 0.3) is 0 Å². The van der Waals surface area contributed by atoms with Gasteiger partial charge in [0.1, 0.15) is 5.82 Å². The molecule has 0 unspecified atom stereocenters. The highest BCUT2D eigenvalue weighted by atomic mass is 32.2. The number of fused-ring (bicyclic) bond motifs is 1. The van der Waals surface area contributed by atoms with Gasteiger partial charge in [0, 0.05) is 30.7 Å². The molecule has 4 nitrogen and oxygen atoms in total. The number of sulfonamides is 1. The first-order chi connectivity index (χ1) is 11.0. The second-order valence-electron chi connectivity index (χ2n) is 5.50. The van der Waals surface area contributed by atoms with Crippen LogP contribution in [0.2, 0.25) is 0 Å². The lowest BCUT2D eigenvalue weighted by atomic mass is 10.2. The van der Waals surface area contributed by atoms with Crippen molar-refractivity contribution in [2.45, 2.75) is 12.3 Å². The quantitative estimate of drug-likeness (QED) is 0.779. The minimum Gasteiger partial charge on any atom is -0.361 e. The van der Waals surface area contributed by atoms with E-state index in [9.17, 15) is 12.8 Å². The molecule has 0 atom stereocenters. The average Bonchev–Trinajstić information content (AvgIpc) is 2.93. The Labute approximate surface area is 134 Å². The highest BCUT2D eigenvalue weighted by molar-refractivity contribution is 7.88. The van der Waals surface area contributed by atoms with E-state index in [0.29, 0.717) is 5.56 Å². The van der Waals surface area contributed by atoms with Gasteiger partial charge >= 0.3 is 0 Å². The summed E-state index contributed by atoms with van der Waals surface area (Å²) < 4.78 is 39.2. The van der Waals surface area contributed by atoms with Crippen LogP contribution in [0.5, 0.6) is 0 Å². The van der Waals surface area contributed by atoms with Gasteiger partial charge in [-0.3, -0.25) is 0 Å². The molecule has 3 aromatic rings. The van der Waals surface area contributed by atoms with Gasteiger partial charge < -0.3 is 4.98 Å². The second-order valence-corrected chi connectivity index (χ2v) is 7.57. The van der Waals surface area contributed by atoms with Crippen molar-refractivity contribution < 1.29 is 12.8 Å². The summed E-state index contributed by atoms with van der Waals surface area (Å²) in [6.07, 6.45) is 1.83. The van der Waals surface area contributed by atoms with Crippen LogP contribution >= 0.6 is 0 Å². The molecule has 120 valence electrons. The highest BCUT2D eigenvalue weighted by Gasteiger charge is 2.20. The van der Waals surface area contributed by atoms with Crippen molar-refractivity contribution in [1.29, 1.82) is 0 Å². The molecule has 1 aromatic heterocycles. The van der Waals surface area contributed by atoms with Crippen LogP contribution in [0.3, 0.4) is 0 Å². The fourth-order valence-corrected chi connectivity index (χ4v) is 3.67. The Morgan fingerprint density at radius 1 is 1.09 bits per heavy atom. The van der Waals surface area contributed by atoms with Crippen molar-refractivity contribution in [2.75, 3.05) is 7.05 Å². The molecule has 0 aliphatic carbocycles. The lowest BCUT2D eigenvalue weighted by molar-refractivity contribution is 0.467. The number of hydrogen-bond acceptors (Lipinski definition) is 2. The summed E-state index contributed by atoms with van der Waals surface area (Å²) in [6.45, 7) is 0.285. The monoisotopic (exact) mass is 332 g/mol. The number of nitrogens with one attached hydrogen (secondary N) is 1. The molecule has 0 amide bonds. The highest BCUT2D eigenvalue weighted by Crippen LogP contribution is 2.21. The van der Waals surface area contributed by atoms with Crippen molar-refractivity contribution in [3.8, 4) is 0 Å². The summed E-state index contributed by atoms with van der Waals surface area (Å²) in [5, 5.41) is 1.01. The first kappa shape index (κ1) is 15.7. The lowest BCUT2D eigenvalue weighted by Crippen LogP contribution is -2.27. The zero-order chi connectivity index (χ0) is 16.4. The van der Waals surface area contributed by atoms with Crippen LogP contribution in [0.4, 0.5) is 4.39 Å². The number of nitrogens with zero attached hydrogens (tertiary/aromatic N) is 1.